The van der Waals surface area contributed by atoms with E-state index in [0.717, 1.165) is 28.0 Å². The lowest BCUT2D eigenvalue weighted by molar-refractivity contribution is 0.0978. The van der Waals surface area contributed by atoms with Gasteiger partial charge < -0.3 is 9.47 Å². The summed E-state index contributed by atoms with van der Waals surface area (Å²) < 4.78 is 38.9. The van der Waals surface area contributed by atoms with Crippen LogP contribution in [0.15, 0.2) is 65.8 Å². The van der Waals surface area contributed by atoms with Gasteiger partial charge in [0.1, 0.15) is 17.1 Å². The molecule has 0 spiro atoms. The number of H-pyrrole nitrogens is 1. The number of rotatable bonds is 8. The van der Waals surface area contributed by atoms with Crippen molar-refractivity contribution < 1.29 is 22.7 Å². The van der Waals surface area contributed by atoms with Crippen LogP contribution in [0.1, 0.15) is 34.0 Å². The maximum absolute atomic E-state index is 13.1. The summed E-state index contributed by atoms with van der Waals surface area (Å²) in [7, 11) is -4.19. The second-order valence-electron chi connectivity index (χ2n) is 8.18. The van der Waals surface area contributed by atoms with Crippen molar-refractivity contribution in [2.45, 2.75) is 32.7 Å². The molecule has 4 aromatic rings. The molecule has 0 radical (unpaired) electrons. The van der Waals surface area contributed by atoms with Gasteiger partial charge in [-0.2, -0.15) is 13.5 Å². The van der Waals surface area contributed by atoms with Gasteiger partial charge in [0, 0.05) is 11.8 Å². The Kier molecular flexibility index (Phi) is 7.07. The Morgan fingerprint density at radius 3 is 2.31 bits per heavy atom. The molecule has 0 aliphatic rings. The summed E-state index contributed by atoms with van der Waals surface area (Å²) in [5.41, 5.74) is 4.06. The van der Waals surface area contributed by atoms with Gasteiger partial charge in [0.15, 0.2) is 5.03 Å². The molecule has 0 saturated heterocycles. The molecule has 0 unspecified atom stereocenters. The molecule has 2 heterocycles. The Balaban J connectivity index is 1.75. The fourth-order valence-corrected chi connectivity index (χ4v) is 4.67. The lowest BCUT2D eigenvalue weighted by Crippen LogP contribution is -2.31. The number of nitrogens with zero attached hydrogens (tertiary/aromatic N) is 2. The maximum atomic E-state index is 13.1. The number of aromatic nitrogens is 3. The summed E-state index contributed by atoms with van der Waals surface area (Å²) in [6, 6.07) is 15.6. The lowest BCUT2D eigenvalue weighted by Gasteiger charge is -2.16. The molecule has 0 atom stereocenters. The van der Waals surface area contributed by atoms with Gasteiger partial charge in [-0.15, -0.1) is 0 Å². The van der Waals surface area contributed by atoms with Crippen molar-refractivity contribution >= 4 is 15.9 Å². The van der Waals surface area contributed by atoms with E-state index in [1.807, 2.05) is 68.8 Å². The van der Waals surface area contributed by atoms with Crippen LogP contribution in [-0.4, -0.2) is 36.1 Å². The van der Waals surface area contributed by atoms with E-state index in [1.165, 1.54) is 18.3 Å². The minimum Gasteiger partial charge on any atom is -0.494 e. The monoisotopic (exact) mass is 506 g/mol. The molecule has 1 amide bonds. The zero-order chi connectivity index (χ0) is 25.9. The van der Waals surface area contributed by atoms with Gasteiger partial charge in [-0.1, -0.05) is 17.7 Å². The summed E-state index contributed by atoms with van der Waals surface area (Å²) in [5.74, 6) is 0.358. The minimum atomic E-state index is -4.19. The number of amides is 1. The van der Waals surface area contributed by atoms with E-state index >= 15 is 0 Å². The van der Waals surface area contributed by atoms with E-state index in [4.69, 9.17) is 9.47 Å². The normalized spacial score (nSPS) is 11.2. The number of nitrogens with one attached hydrogen (secondary N) is 2. The van der Waals surface area contributed by atoms with Crippen molar-refractivity contribution in [3.8, 4) is 28.6 Å². The van der Waals surface area contributed by atoms with Crippen LogP contribution in [0, 0.1) is 20.8 Å². The van der Waals surface area contributed by atoms with E-state index in [-0.39, 0.29) is 16.5 Å². The van der Waals surface area contributed by atoms with Crippen molar-refractivity contribution in [2.75, 3.05) is 6.61 Å². The predicted octanol–water partition coefficient (Wildman–Crippen LogP) is 4.71. The van der Waals surface area contributed by atoms with Gasteiger partial charge in [-0.05, 0) is 81.3 Å². The number of ether oxygens (including phenoxy) is 2. The van der Waals surface area contributed by atoms with E-state index < -0.39 is 15.9 Å². The highest BCUT2D eigenvalue weighted by Gasteiger charge is 2.25. The number of aromatic amines is 1. The summed E-state index contributed by atoms with van der Waals surface area (Å²) in [6.45, 7) is 8.23. The van der Waals surface area contributed by atoms with E-state index in [1.54, 1.807) is 6.07 Å². The van der Waals surface area contributed by atoms with Gasteiger partial charge in [-0.25, -0.2) is 9.71 Å². The standard InChI is InChI=1S/C26H26N4O5S/c1-5-34-20-8-6-19(7-9-20)22-11-10-21(25(31)30-36(32,33)23-12-13-27-29-23)26(28-22)35-24-17(3)14-16(2)15-18(24)4/h6-15H,5H2,1-4H3,(H,27,29)(H,30,31). The van der Waals surface area contributed by atoms with Crippen LogP contribution in [0.3, 0.4) is 0 Å². The maximum Gasteiger partial charge on any atom is 0.283 e. The molecule has 0 saturated carbocycles. The molecular formula is C26H26N4O5S. The quantitative estimate of drug-likeness (QED) is 0.355. The van der Waals surface area contributed by atoms with Gasteiger partial charge in [0.25, 0.3) is 15.9 Å². The molecular weight excluding hydrogens is 480 g/mol. The van der Waals surface area contributed by atoms with Gasteiger partial charge in [-0.3, -0.25) is 9.89 Å². The zero-order valence-corrected chi connectivity index (χ0v) is 21.1. The predicted molar refractivity (Wildman–Crippen MR) is 135 cm³/mol. The Hall–Kier alpha value is -4.18. The molecule has 10 heteroatoms. The largest absolute Gasteiger partial charge is 0.494 e. The van der Waals surface area contributed by atoms with Crippen LogP contribution in [0.2, 0.25) is 0 Å². The Morgan fingerprint density at radius 1 is 1.00 bits per heavy atom. The Morgan fingerprint density at radius 2 is 1.69 bits per heavy atom. The fourth-order valence-electron chi connectivity index (χ4n) is 3.79. The fraction of sp³-hybridized carbons (Fsp3) is 0.192. The number of hydrogen-bond donors (Lipinski definition) is 2. The average molecular weight is 507 g/mol. The van der Waals surface area contributed by atoms with Gasteiger partial charge >= 0.3 is 0 Å². The second-order valence-corrected chi connectivity index (χ2v) is 9.81. The van der Waals surface area contributed by atoms with Crippen LogP contribution in [0.5, 0.6) is 17.4 Å². The van der Waals surface area contributed by atoms with Crippen LogP contribution >= 0.6 is 0 Å². The summed E-state index contributed by atoms with van der Waals surface area (Å²) in [6.07, 6.45) is 1.35. The van der Waals surface area contributed by atoms with E-state index in [2.05, 4.69) is 15.2 Å². The highest BCUT2D eigenvalue weighted by atomic mass is 32.2. The van der Waals surface area contributed by atoms with Crippen molar-refractivity contribution in [1.29, 1.82) is 0 Å². The molecule has 0 aliphatic heterocycles. The number of benzene rings is 2. The molecule has 4 rings (SSSR count). The summed E-state index contributed by atoms with van der Waals surface area (Å²) >= 11 is 0. The molecule has 0 fully saturated rings. The first kappa shape index (κ1) is 24.9. The number of sulfonamides is 1. The molecule has 2 N–H and O–H groups in total. The van der Waals surface area contributed by atoms with Crippen molar-refractivity contribution in [3.05, 3.63) is 83.0 Å². The third-order valence-corrected chi connectivity index (χ3v) is 6.58. The number of carbonyl (C=O) groups excluding carboxylic acids is 1. The first-order valence-corrected chi connectivity index (χ1v) is 12.7. The Bertz CT molecular complexity index is 1480. The van der Waals surface area contributed by atoms with Crippen LogP contribution < -0.4 is 14.2 Å². The highest BCUT2D eigenvalue weighted by Crippen LogP contribution is 2.33. The van der Waals surface area contributed by atoms with E-state index in [9.17, 15) is 13.2 Å². The topological polar surface area (TPSA) is 123 Å². The average Bonchev–Trinajstić information content (AvgIpc) is 3.38. The van der Waals surface area contributed by atoms with Crippen molar-refractivity contribution in [3.63, 3.8) is 0 Å². The minimum absolute atomic E-state index is 0.0221. The second kappa shape index (κ2) is 10.2. The molecule has 36 heavy (non-hydrogen) atoms. The van der Waals surface area contributed by atoms with Crippen molar-refractivity contribution in [2.24, 2.45) is 0 Å². The molecule has 9 nitrogen and oxygen atoms in total. The Labute approximate surface area is 209 Å². The SMILES string of the molecule is CCOc1ccc(-c2ccc(C(=O)NS(=O)(=O)c3cc[nH]n3)c(Oc3c(C)cc(C)cc3C)n2)cc1. The molecule has 0 bridgehead atoms. The lowest BCUT2D eigenvalue weighted by atomic mass is 10.1. The molecule has 2 aromatic carbocycles. The van der Waals surface area contributed by atoms with Crippen LogP contribution in [0.4, 0.5) is 0 Å². The van der Waals surface area contributed by atoms with E-state index in [0.29, 0.717) is 18.1 Å². The van der Waals surface area contributed by atoms with Gasteiger partial charge in [0.05, 0.1) is 12.3 Å². The highest BCUT2D eigenvalue weighted by molar-refractivity contribution is 7.90. The number of hydrogen-bond acceptors (Lipinski definition) is 7. The summed E-state index contributed by atoms with van der Waals surface area (Å²) in [5, 5.41) is 5.76. The van der Waals surface area contributed by atoms with Crippen LogP contribution in [-0.2, 0) is 10.0 Å². The number of aryl methyl sites for hydroxylation is 3. The number of carbonyl (C=O) groups is 1. The van der Waals surface area contributed by atoms with Crippen LogP contribution in [0.25, 0.3) is 11.3 Å². The third-order valence-electron chi connectivity index (χ3n) is 5.35. The van der Waals surface area contributed by atoms with Crippen molar-refractivity contribution in [1.82, 2.24) is 19.9 Å². The van der Waals surface area contributed by atoms with Gasteiger partial charge in [0.2, 0.25) is 5.88 Å². The molecule has 186 valence electrons. The smallest absolute Gasteiger partial charge is 0.283 e. The number of pyridine rings is 1. The summed E-state index contributed by atoms with van der Waals surface area (Å²) in [4.78, 5) is 17.7. The third kappa shape index (κ3) is 5.38. The zero-order valence-electron chi connectivity index (χ0n) is 20.3. The molecule has 2 aromatic heterocycles. The first-order valence-electron chi connectivity index (χ1n) is 11.2. The molecule has 0 aliphatic carbocycles. The first-order chi connectivity index (χ1) is 17.2.